The van der Waals surface area contributed by atoms with Crippen molar-refractivity contribution in [2.45, 2.75) is 24.8 Å². The van der Waals surface area contributed by atoms with E-state index in [0.29, 0.717) is 17.1 Å². The zero-order valence-electron chi connectivity index (χ0n) is 15.1. The molecule has 27 heavy (non-hydrogen) atoms. The summed E-state index contributed by atoms with van der Waals surface area (Å²) in [5.41, 5.74) is 0.380. The minimum atomic E-state index is -4.08. The fourth-order valence-electron chi connectivity index (χ4n) is 2.53. The lowest BCUT2D eigenvalue weighted by molar-refractivity contribution is -0.385. The van der Waals surface area contributed by atoms with Gasteiger partial charge in [-0.15, -0.1) is 0 Å². The number of sulfonamides is 1. The molecule has 0 aliphatic rings. The third-order valence-electron chi connectivity index (χ3n) is 4.03. The Morgan fingerprint density at radius 3 is 2.41 bits per heavy atom. The van der Waals surface area contributed by atoms with Gasteiger partial charge in [-0.3, -0.25) is 10.1 Å². The van der Waals surface area contributed by atoms with Gasteiger partial charge in [0, 0.05) is 23.2 Å². The summed E-state index contributed by atoms with van der Waals surface area (Å²) in [5, 5.41) is 11.1. The van der Waals surface area contributed by atoms with Crippen molar-refractivity contribution in [3.8, 4) is 11.5 Å². The molecule has 0 saturated carbocycles. The van der Waals surface area contributed by atoms with Gasteiger partial charge in [0.25, 0.3) is 5.69 Å². The average molecular weight is 415 g/mol. The van der Waals surface area contributed by atoms with Crippen LogP contribution in [0, 0.1) is 17.0 Å². The fourth-order valence-corrected chi connectivity index (χ4v) is 4.07. The van der Waals surface area contributed by atoms with Gasteiger partial charge in [0.2, 0.25) is 10.0 Å². The lowest BCUT2D eigenvalue weighted by atomic mass is 10.1. The molecule has 10 heteroatoms. The van der Waals surface area contributed by atoms with Crippen molar-refractivity contribution in [2.75, 3.05) is 14.2 Å². The van der Waals surface area contributed by atoms with E-state index in [2.05, 4.69) is 4.72 Å². The van der Waals surface area contributed by atoms with Gasteiger partial charge in [0.15, 0.2) is 0 Å². The van der Waals surface area contributed by atoms with E-state index in [4.69, 9.17) is 21.1 Å². The Labute approximate surface area is 162 Å². The first-order valence-electron chi connectivity index (χ1n) is 7.79. The van der Waals surface area contributed by atoms with Crippen molar-refractivity contribution in [3.05, 3.63) is 56.6 Å². The third kappa shape index (κ3) is 4.49. The predicted octanol–water partition coefficient (Wildman–Crippen LogP) is 3.61. The second-order valence-corrected chi connectivity index (χ2v) is 7.88. The van der Waals surface area contributed by atoms with Crippen LogP contribution in [0.5, 0.6) is 11.5 Å². The predicted molar refractivity (Wildman–Crippen MR) is 101 cm³/mol. The number of hydrogen-bond acceptors (Lipinski definition) is 6. The number of ether oxygens (including phenoxy) is 2. The van der Waals surface area contributed by atoms with Crippen molar-refractivity contribution >= 4 is 27.3 Å². The summed E-state index contributed by atoms with van der Waals surface area (Å²) < 4.78 is 38.4. The number of halogens is 1. The first kappa shape index (κ1) is 20.9. The number of rotatable bonds is 7. The molecule has 0 aliphatic heterocycles. The van der Waals surface area contributed by atoms with Crippen LogP contribution in [-0.4, -0.2) is 27.6 Å². The molecule has 1 atom stereocenters. The number of nitrogens with zero attached hydrogens (tertiary/aromatic N) is 1. The molecule has 0 spiro atoms. The molecule has 0 amide bonds. The molecule has 0 aliphatic carbocycles. The van der Waals surface area contributed by atoms with Crippen LogP contribution in [0.25, 0.3) is 0 Å². The van der Waals surface area contributed by atoms with Gasteiger partial charge in [-0.25, -0.2) is 13.1 Å². The highest BCUT2D eigenvalue weighted by atomic mass is 35.5. The maximum absolute atomic E-state index is 12.7. The first-order valence-corrected chi connectivity index (χ1v) is 9.65. The molecule has 0 saturated heterocycles. The van der Waals surface area contributed by atoms with E-state index in [1.54, 1.807) is 25.1 Å². The van der Waals surface area contributed by atoms with Crippen LogP contribution >= 0.6 is 11.6 Å². The quantitative estimate of drug-likeness (QED) is 0.547. The highest BCUT2D eigenvalue weighted by molar-refractivity contribution is 7.89. The summed E-state index contributed by atoms with van der Waals surface area (Å²) in [6, 6.07) is 6.47. The number of methoxy groups -OCH3 is 2. The molecule has 0 fully saturated rings. The van der Waals surface area contributed by atoms with E-state index < -0.39 is 21.0 Å². The minimum absolute atomic E-state index is 0.00353. The van der Waals surface area contributed by atoms with Crippen molar-refractivity contribution in [3.63, 3.8) is 0 Å². The number of nitro groups is 1. The molecular weight excluding hydrogens is 396 g/mol. The maximum atomic E-state index is 12.7. The topological polar surface area (TPSA) is 108 Å². The molecule has 8 nitrogen and oxygen atoms in total. The van der Waals surface area contributed by atoms with E-state index in [1.165, 1.54) is 27.2 Å². The zero-order chi connectivity index (χ0) is 20.4. The second-order valence-electron chi connectivity index (χ2n) is 5.76. The molecule has 0 unspecified atom stereocenters. The fraction of sp³-hybridized carbons (Fsp3) is 0.294. The maximum Gasteiger partial charge on any atom is 0.275 e. The number of nitro benzene ring substituents is 1. The molecule has 146 valence electrons. The van der Waals surface area contributed by atoms with Crippen LogP contribution in [0.15, 0.2) is 35.2 Å². The van der Waals surface area contributed by atoms with Crippen molar-refractivity contribution in [2.24, 2.45) is 0 Å². The zero-order valence-corrected chi connectivity index (χ0v) is 16.7. The van der Waals surface area contributed by atoms with Crippen LogP contribution in [0.4, 0.5) is 5.69 Å². The van der Waals surface area contributed by atoms with Gasteiger partial charge in [0.1, 0.15) is 11.5 Å². The standard InChI is InChI=1S/C17H19ClN2O6S/c1-10-15(18)8-13(9-16(10)20(21)22)27(23,24)19-11(2)14-7-12(25-3)5-6-17(14)26-4/h5-9,11,19H,1-4H3/t11-/m0/s1. The molecular formula is C17H19ClN2O6S. The van der Waals surface area contributed by atoms with E-state index in [-0.39, 0.29) is 21.2 Å². The van der Waals surface area contributed by atoms with Gasteiger partial charge in [-0.2, -0.15) is 0 Å². The molecule has 2 aromatic carbocycles. The van der Waals surface area contributed by atoms with Crippen LogP contribution in [0.1, 0.15) is 24.1 Å². The molecule has 2 rings (SSSR count). The molecule has 1 N–H and O–H groups in total. The molecule has 0 aromatic heterocycles. The lowest BCUT2D eigenvalue weighted by Crippen LogP contribution is -2.27. The highest BCUT2D eigenvalue weighted by Crippen LogP contribution is 2.32. The van der Waals surface area contributed by atoms with Crippen LogP contribution in [0.2, 0.25) is 5.02 Å². The molecule has 0 radical (unpaired) electrons. The van der Waals surface area contributed by atoms with E-state index in [9.17, 15) is 18.5 Å². The second kappa shape index (κ2) is 8.12. The lowest BCUT2D eigenvalue weighted by Gasteiger charge is -2.18. The average Bonchev–Trinajstić information content (AvgIpc) is 2.62. The Hall–Kier alpha value is -2.36. The van der Waals surface area contributed by atoms with Crippen molar-refractivity contribution in [1.82, 2.24) is 4.72 Å². The van der Waals surface area contributed by atoms with E-state index >= 15 is 0 Å². The van der Waals surface area contributed by atoms with E-state index in [1.807, 2.05) is 0 Å². The Balaban J connectivity index is 2.44. The van der Waals surface area contributed by atoms with Gasteiger partial charge in [-0.1, -0.05) is 11.6 Å². The van der Waals surface area contributed by atoms with Crippen LogP contribution < -0.4 is 14.2 Å². The summed E-state index contributed by atoms with van der Waals surface area (Å²) in [6.07, 6.45) is 0. The van der Waals surface area contributed by atoms with Crippen LogP contribution in [-0.2, 0) is 10.0 Å². The summed E-state index contributed by atoms with van der Waals surface area (Å²) in [7, 11) is -1.12. The monoisotopic (exact) mass is 414 g/mol. The Morgan fingerprint density at radius 2 is 1.85 bits per heavy atom. The Kier molecular flexibility index (Phi) is 6.30. The third-order valence-corrected chi connectivity index (χ3v) is 5.95. The summed E-state index contributed by atoms with van der Waals surface area (Å²) in [5.74, 6) is 1.00. The van der Waals surface area contributed by atoms with Crippen molar-refractivity contribution < 1.29 is 22.8 Å². The number of benzene rings is 2. The number of hydrogen-bond donors (Lipinski definition) is 1. The SMILES string of the molecule is COc1ccc(OC)c([C@H](C)NS(=O)(=O)c2cc(Cl)c(C)c([N+](=O)[O-])c2)c1. The van der Waals surface area contributed by atoms with Gasteiger partial charge in [-0.05, 0) is 38.1 Å². The largest absolute Gasteiger partial charge is 0.497 e. The Morgan fingerprint density at radius 1 is 1.19 bits per heavy atom. The molecule has 0 bridgehead atoms. The van der Waals surface area contributed by atoms with E-state index in [0.717, 1.165) is 6.07 Å². The Bertz CT molecular complexity index is 978. The summed E-state index contributed by atoms with van der Waals surface area (Å²) >= 11 is 5.98. The van der Waals surface area contributed by atoms with Gasteiger partial charge >= 0.3 is 0 Å². The van der Waals surface area contributed by atoms with Gasteiger partial charge in [0.05, 0.1) is 29.1 Å². The first-order chi connectivity index (χ1) is 12.6. The van der Waals surface area contributed by atoms with Gasteiger partial charge < -0.3 is 9.47 Å². The smallest absolute Gasteiger partial charge is 0.275 e. The number of nitrogens with one attached hydrogen (secondary N) is 1. The molecule has 0 heterocycles. The normalized spacial score (nSPS) is 12.5. The van der Waals surface area contributed by atoms with Crippen LogP contribution in [0.3, 0.4) is 0 Å². The summed E-state index contributed by atoms with van der Waals surface area (Å²) in [4.78, 5) is 10.2. The summed E-state index contributed by atoms with van der Waals surface area (Å²) in [6.45, 7) is 3.08. The van der Waals surface area contributed by atoms with Crippen molar-refractivity contribution in [1.29, 1.82) is 0 Å². The molecule has 2 aromatic rings. The highest BCUT2D eigenvalue weighted by Gasteiger charge is 2.25. The minimum Gasteiger partial charge on any atom is -0.497 e.